The van der Waals surface area contributed by atoms with Crippen LogP contribution in [0.4, 0.5) is 4.39 Å². The molecule has 2 aliphatic carbocycles. The predicted octanol–water partition coefficient (Wildman–Crippen LogP) is 2.94. The zero-order valence-corrected chi connectivity index (χ0v) is 8.80. The van der Waals surface area contributed by atoms with Crippen LogP contribution in [0.25, 0.3) is 0 Å². The summed E-state index contributed by atoms with van der Waals surface area (Å²) in [6.07, 6.45) is 6.08. The average Bonchev–Trinajstić information content (AvgIpc) is 2.10. The second kappa shape index (κ2) is 2.82. The molecule has 0 bridgehead atoms. The molecular weight excluding hydrogens is 189 g/mol. The van der Waals surface area contributed by atoms with Crippen LogP contribution in [0.1, 0.15) is 37.7 Å². The maximum Gasteiger partial charge on any atom is 0.123 e. The van der Waals surface area contributed by atoms with E-state index in [2.05, 4.69) is 0 Å². The zero-order valence-electron chi connectivity index (χ0n) is 8.80. The highest BCUT2D eigenvalue weighted by Gasteiger charge is 2.55. The van der Waals surface area contributed by atoms with Crippen LogP contribution in [0.2, 0.25) is 0 Å². The summed E-state index contributed by atoms with van der Waals surface area (Å²) in [4.78, 5) is 0. The highest BCUT2D eigenvalue weighted by molar-refractivity contribution is 5.30. The molecule has 2 heteroatoms. The molecule has 0 amide bonds. The minimum absolute atomic E-state index is 0.174. The average molecular weight is 205 g/mol. The normalized spacial score (nSPS) is 25.7. The molecule has 1 aromatic rings. The van der Waals surface area contributed by atoms with Gasteiger partial charge in [0.25, 0.3) is 0 Å². The van der Waals surface area contributed by atoms with Crippen LogP contribution in [0.5, 0.6) is 0 Å². The third-order valence-electron chi connectivity index (χ3n) is 4.19. The van der Waals surface area contributed by atoms with E-state index in [1.165, 1.54) is 25.3 Å². The lowest BCUT2D eigenvalue weighted by atomic mass is 9.47. The van der Waals surface area contributed by atoms with Gasteiger partial charge in [-0.05, 0) is 48.8 Å². The third-order valence-corrected chi connectivity index (χ3v) is 4.19. The van der Waals surface area contributed by atoms with Crippen LogP contribution < -0.4 is 5.73 Å². The first-order valence-electron chi connectivity index (χ1n) is 5.67. The summed E-state index contributed by atoms with van der Waals surface area (Å²) in [5, 5.41) is 0. The SMILES string of the molecule is NC1(c2cccc(F)c2)CC2(CCC2)C1. The van der Waals surface area contributed by atoms with Crippen molar-refractivity contribution in [3.63, 3.8) is 0 Å². The fourth-order valence-electron chi connectivity index (χ4n) is 3.32. The monoisotopic (exact) mass is 205 g/mol. The summed E-state index contributed by atoms with van der Waals surface area (Å²) in [7, 11) is 0. The molecule has 3 rings (SSSR count). The minimum Gasteiger partial charge on any atom is -0.321 e. The van der Waals surface area contributed by atoms with Gasteiger partial charge in [-0.25, -0.2) is 4.39 Å². The van der Waals surface area contributed by atoms with Crippen LogP contribution in [-0.2, 0) is 5.54 Å². The van der Waals surface area contributed by atoms with Gasteiger partial charge in [0.05, 0.1) is 0 Å². The molecule has 1 aromatic carbocycles. The fourth-order valence-corrected chi connectivity index (χ4v) is 3.32. The largest absolute Gasteiger partial charge is 0.321 e. The molecule has 0 aliphatic heterocycles. The summed E-state index contributed by atoms with van der Waals surface area (Å²) in [5.74, 6) is -0.174. The zero-order chi connectivity index (χ0) is 10.5. The molecule has 2 fully saturated rings. The molecule has 0 saturated heterocycles. The van der Waals surface area contributed by atoms with Crippen molar-refractivity contribution in [1.29, 1.82) is 0 Å². The molecule has 0 unspecified atom stereocenters. The van der Waals surface area contributed by atoms with E-state index < -0.39 is 0 Å². The van der Waals surface area contributed by atoms with Gasteiger partial charge in [0.2, 0.25) is 0 Å². The van der Waals surface area contributed by atoms with E-state index in [1.807, 2.05) is 6.07 Å². The molecule has 0 heterocycles. The Labute approximate surface area is 89.5 Å². The van der Waals surface area contributed by atoms with Crippen LogP contribution in [0, 0.1) is 11.2 Å². The third kappa shape index (κ3) is 1.31. The number of nitrogens with two attached hydrogens (primary N) is 1. The summed E-state index contributed by atoms with van der Waals surface area (Å²) >= 11 is 0. The Morgan fingerprint density at radius 3 is 2.47 bits per heavy atom. The van der Waals surface area contributed by atoms with Crippen molar-refractivity contribution in [2.45, 2.75) is 37.6 Å². The van der Waals surface area contributed by atoms with E-state index in [-0.39, 0.29) is 11.4 Å². The molecule has 0 atom stereocenters. The van der Waals surface area contributed by atoms with E-state index in [0.717, 1.165) is 18.4 Å². The van der Waals surface area contributed by atoms with Gasteiger partial charge in [0.15, 0.2) is 0 Å². The quantitative estimate of drug-likeness (QED) is 0.749. The number of halogens is 1. The Morgan fingerprint density at radius 1 is 1.20 bits per heavy atom. The van der Waals surface area contributed by atoms with E-state index in [0.29, 0.717) is 5.41 Å². The van der Waals surface area contributed by atoms with E-state index in [4.69, 9.17) is 5.73 Å². The van der Waals surface area contributed by atoms with Gasteiger partial charge >= 0.3 is 0 Å². The Balaban J connectivity index is 1.83. The number of rotatable bonds is 1. The highest BCUT2D eigenvalue weighted by atomic mass is 19.1. The first kappa shape index (κ1) is 9.34. The summed E-state index contributed by atoms with van der Waals surface area (Å²) in [6.45, 7) is 0. The maximum absolute atomic E-state index is 13.1. The van der Waals surface area contributed by atoms with Crippen molar-refractivity contribution in [2.24, 2.45) is 11.1 Å². The van der Waals surface area contributed by atoms with E-state index in [1.54, 1.807) is 12.1 Å². The predicted molar refractivity (Wildman–Crippen MR) is 57.8 cm³/mol. The van der Waals surface area contributed by atoms with Crippen molar-refractivity contribution in [3.8, 4) is 0 Å². The van der Waals surface area contributed by atoms with E-state index >= 15 is 0 Å². The molecule has 15 heavy (non-hydrogen) atoms. The second-order valence-electron chi connectivity index (χ2n) is 5.37. The number of benzene rings is 1. The van der Waals surface area contributed by atoms with Gasteiger partial charge in [-0.2, -0.15) is 0 Å². The molecule has 2 aliphatic rings. The lowest BCUT2D eigenvalue weighted by Gasteiger charge is -2.60. The Kier molecular flexibility index (Phi) is 1.76. The summed E-state index contributed by atoms with van der Waals surface area (Å²) < 4.78 is 13.1. The van der Waals surface area contributed by atoms with Gasteiger partial charge in [0.1, 0.15) is 5.82 Å². The molecule has 80 valence electrons. The summed E-state index contributed by atoms with van der Waals surface area (Å²) in [5.41, 5.74) is 7.56. The van der Waals surface area contributed by atoms with Gasteiger partial charge in [-0.15, -0.1) is 0 Å². The topological polar surface area (TPSA) is 26.0 Å². The minimum atomic E-state index is -0.248. The lowest BCUT2D eigenvalue weighted by Crippen LogP contribution is -2.58. The lowest BCUT2D eigenvalue weighted by molar-refractivity contribution is -0.0463. The van der Waals surface area contributed by atoms with Crippen molar-refractivity contribution in [1.82, 2.24) is 0 Å². The van der Waals surface area contributed by atoms with Crippen LogP contribution in [0.3, 0.4) is 0 Å². The molecule has 1 nitrogen and oxygen atoms in total. The van der Waals surface area contributed by atoms with Gasteiger partial charge in [-0.1, -0.05) is 18.6 Å². The van der Waals surface area contributed by atoms with Crippen LogP contribution in [-0.4, -0.2) is 0 Å². The smallest absolute Gasteiger partial charge is 0.123 e. The van der Waals surface area contributed by atoms with Crippen LogP contribution in [0.15, 0.2) is 24.3 Å². The van der Waals surface area contributed by atoms with Crippen molar-refractivity contribution >= 4 is 0 Å². The van der Waals surface area contributed by atoms with Gasteiger partial charge in [0, 0.05) is 5.54 Å². The van der Waals surface area contributed by atoms with Gasteiger partial charge < -0.3 is 5.73 Å². The number of hydrogen-bond acceptors (Lipinski definition) is 1. The number of hydrogen-bond donors (Lipinski definition) is 1. The standard InChI is InChI=1S/C13H16FN/c14-11-4-1-3-10(7-11)13(15)8-12(9-13)5-2-6-12/h1,3-4,7H,2,5-6,8-9,15H2. The Morgan fingerprint density at radius 2 is 1.93 bits per heavy atom. The molecule has 0 aromatic heterocycles. The van der Waals surface area contributed by atoms with Crippen molar-refractivity contribution < 1.29 is 4.39 Å². The molecule has 2 N–H and O–H groups in total. The Bertz CT molecular complexity index is 387. The van der Waals surface area contributed by atoms with Crippen molar-refractivity contribution in [2.75, 3.05) is 0 Å². The van der Waals surface area contributed by atoms with Gasteiger partial charge in [-0.3, -0.25) is 0 Å². The van der Waals surface area contributed by atoms with E-state index in [9.17, 15) is 4.39 Å². The Hall–Kier alpha value is -0.890. The highest BCUT2D eigenvalue weighted by Crippen LogP contribution is 2.62. The second-order valence-corrected chi connectivity index (χ2v) is 5.37. The summed E-state index contributed by atoms with van der Waals surface area (Å²) in [6, 6.07) is 6.77. The van der Waals surface area contributed by atoms with Crippen molar-refractivity contribution in [3.05, 3.63) is 35.6 Å². The van der Waals surface area contributed by atoms with Crippen LogP contribution >= 0.6 is 0 Å². The first-order chi connectivity index (χ1) is 7.12. The maximum atomic E-state index is 13.1. The molecule has 2 saturated carbocycles. The first-order valence-corrected chi connectivity index (χ1v) is 5.67. The fraction of sp³-hybridized carbons (Fsp3) is 0.538. The molecule has 0 radical (unpaired) electrons. The molecular formula is C13H16FN. The molecule has 1 spiro atoms.